The van der Waals surface area contributed by atoms with Gasteiger partial charge >= 0.3 is 5.97 Å². The van der Waals surface area contributed by atoms with Gasteiger partial charge in [0.05, 0.1) is 0 Å². The van der Waals surface area contributed by atoms with Crippen LogP contribution in [0, 0.1) is 5.92 Å². The van der Waals surface area contributed by atoms with Crippen LogP contribution in [-0.4, -0.2) is 30.1 Å². The minimum Gasteiger partial charge on any atom is -0.480 e. The molecule has 0 spiro atoms. The minimum absolute atomic E-state index is 0.254. The topological polar surface area (TPSA) is 83.6 Å². The zero-order valence-corrected chi connectivity index (χ0v) is 11.4. The minimum atomic E-state index is -1.07. The van der Waals surface area contributed by atoms with Gasteiger partial charge in [-0.25, -0.2) is 0 Å². The molecule has 0 bridgehead atoms. The van der Waals surface area contributed by atoms with Crippen molar-refractivity contribution in [2.45, 2.75) is 13.3 Å². The molecule has 0 saturated heterocycles. The molecule has 0 radical (unpaired) electrons. The first-order valence-electron chi connectivity index (χ1n) is 5.94. The third-order valence-electron chi connectivity index (χ3n) is 2.72. The quantitative estimate of drug-likeness (QED) is 0.833. The van der Waals surface area contributed by atoms with Gasteiger partial charge in [0.1, 0.15) is 6.54 Å². The zero-order chi connectivity index (χ0) is 14.4. The number of carbonyl (C=O) groups is 2. The lowest BCUT2D eigenvalue weighted by Gasteiger charge is -2.24. The number of nitrogens with zero attached hydrogens (tertiary/aromatic N) is 1. The van der Waals surface area contributed by atoms with E-state index in [0.717, 1.165) is 0 Å². The summed E-state index contributed by atoms with van der Waals surface area (Å²) < 4.78 is 0. The first kappa shape index (κ1) is 15.5. The molecule has 6 heteroatoms. The molecule has 0 aliphatic heterocycles. The highest BCUT2D eigenvalue weighted by atomic mass is 35.5. The molecule has 5 nitrogen and oxygen atoms in total. The van der Waals surface area contributed by atoms with Crippen LogP contribution >= 0.6 is 11.6 Å². The first-order valence-corrected chi connectivity index (χ1v) is 6.32. The Kier molecular flexibility index (Phi) is 5.79. The zero-order valence-electron chi connectivity index (χ0n) is 10.7. The third kappa shape index (κ3) is 4.54. The van der Waals surface area contributed by atoms with Gasteiger partial charge < -0.3 is 15.7 Å². The monoisotopic (exact) mass is 284 g/mol. The molecule has 1 atom stereocenters. The lowest BCUT2D eigenvalue weighted by Crippen LogP contribution is -2.39. The SMILES string of the molecule is CC(CCN)C(=O)N(CC(=O)O)c1ccc(Cl)cc1. The first-order chi connectivity index (χ1) is 8.95. The molecule has 1 amide bonds. The number of carbonyl (C=O) groups excluding carboxylic acids is 1. The Hall–Kier alpha value is -1.59. The summed E-state index contributed by atoms with van der Waals surface area (Å²) in [6, 6.07) is 6.48. The van der Waals surface area contributed by atoms with Crippen LogP contribution in [0.4, 0.5) is 5.69 Å². The summed E-state index contributed by atoms with van der Waals surface area (Å²) in [6.07, 6.45) is 0.516. The highest BCUT2D eigenvalue weighted by Crippen LogP contribution is 2.20. The number of benzene rings is 1. The summed E-state index contributed by atoms with van der Waals surface area (Å²) in [4.78, 5) is 24.4. The summed E-state index contributed by atoms with van der Waals surface area (Å²) >= 11 is 5.78. The molecule has 0 fully saturated rings. The van der Waals surface area contributed by atoms with Crippen molar-refractivity contribution < 1.29 is 14.7 Å². The van der Waals surface area contributed by atoms with Crippen molar-refractivity contribution >= 4 is 29.2 Å². The number of aliphatic carboxylic acids is 1. The number of anilines is 1. The molecular formula is C13H17ClN2O3. The van der Waals surface area contributed by atoms with Crippen LogP contribution < -0.4 is 10.6 Å². The second-order valence-corrected chi connectivity index (χ2v) is 4.71. The molecule has 3 N–H and O–H groups in total. The molecule has 19 heavy (non-hydrogen) atoms. The predicted molar refractivity (Wildman–Crippen MR) is 74.3 cm³/mol. The predicted octanol–water partition coefficient (Wildman–Crippen LogP) is 1.74. The molecule has 0 aliphatic carbocycles. The standard InChI is InChI=1S/C13H17ClN2O3/c1-9(6-7-15)13(19)16(8-12(17)18)11-4-2-10(14)3-5-11/h2-5,9H,6-8,15H2,1H3,(H,17,18). The number of carboxylic acids is 1. The molecule has 1 rings (SSSR count). The highest BCUT2D eigenvalue weighted by Gasteiger charge is 2.23. The lowest BCUT2D eigenvalue weighted by molar-refractivity contribution is -0.137. The van der Waals surface area contributed by atoms with Crippen LogP contribution in [-0.2, 0) is 9.59 Å². The van der Waals surface area contributed by atoms with Gasteiger partial charge in [0.2, 0.25) is 5.91 Å². The number of amides is 1. The van der Waals surface area contributed by atoms with E-state index in [1.165, 1.54) is 4.90 Å². The Morgan fingerprint density at radius 3 is 2.42 bits per heavy atom. The molecular weight excluding hydrogens is 268 g/mol. The summed E-state index contributed by atoms with van der Waals surface area (Å²) in [5.74, 6) is -1.64. The number of hydrogen-bond acceptors (Lipinski definition) is 3. The molecule has 1 aromatic rings. The summed E-state index contributed by atoms with van der Waals surface area (Å²) in [6.45, 7) is 1.74. The van der Waals surface area contributed by atoms with E-state index in [2.05, 4.69) is 0 Å². The van der Waals surface area contributed by atoms with Crippen LogP contribution in [0.5, 0.6) is 0 Å². The summed E-state index contributed by atoms with van der Waals surface area (Å²) in [7, 11) is 0. The van der Waals surface area contributed by atoms with Crippen molar-refractivity contribution in [2.75, 3.05) is 18.0 Å². The van der Waals surface area contributed by atoms with Gasteiger partial charge in [-0.05, 0) is 37.2 Å². The van der Waals surface area contributed by atoms with E-state index in [9.17, 15) is 9.59 Å². The normalized spacial score (nSPS) is 11.9. The van der Waals surface area contributed by atoms with Crippen LogP contribution in [0.3, 0.4) is 0 Å². The Morgan fingerprint density at radius 2 is 1.95 bits per heavy atom. The van der Waals surface area contributed by atoms with Gasteiger partial charge in [-0.3, -0.25) is 9.59 Å². The van der Waals surface area contributed by atoms with Crippen molar-refractivity contribution in [1.82, 2.24) is 0 Å². The fraction of sp³-hybridized carbons (Fsp3) is 0.385. The lowest BCUT2D eigenvalue weighted by atomic mass is 10.1. The maximum Gasteiger partial charge on any atom is 0.323 e. The molecule has 0 saturated carbocycles. The van der Waals surface area contributed by atoms with E-state index >= 15 is 0 Å². The Bertz CT molecular complexity index is 448. The van der Waals surface area contributed by atoms with Crippen molar-refractivity contribution in [3.8, 4) is 0 Å². The van der Waals surface area contributed by atoms with Crippen molar-refractivity contribution in [3.05, 3.63) is 29.3 Å². The Labute approximate surface area is 117 Å². The number of rotatable bonds is 6. The molecule has 0 aliphatic rings. The average molecular weight is 285 g/mol. The van der Waals surface area contributed by atoms with E-state index in [-0.39, 0.29) is 18.4 Å². The number of hydrogen-bond donors (Lipinski definition) is 2. The fourth-order valence-corrected chi connectivity index (χ4v) is 1.82. The van der Waals surface area contributed by atoms with Gasteiger partial charge in [-0.15, -0.1) is 0 Å². The number of nitrogens with two attached hydrogens (primary N) is 1. The van der Waals surface area contributed by atoms with E-state index < -0.39 is 5.97 Å². The Balaban J connectivity index is 2.97. The molecule has 1 aromatic carbocycles. The van der Waals surface area contributed by atoms with Crippen LogP contribution in [0.1, 0.15) is 13.3 Å². The summed E-state index contributed by atoms with van der Waals surface area (Å²) in [5, 5.41) is 9.44. The Morgan fingerprint density at radius 1 is 1.37 bits per heavy atom. The van der Waals surface area contributed by atoms with E-state index in [0.29, 0.717) is 23.7 Å². The second kappa shape index (κ2) is 7.11. The largest absolute Gasteiger partial charge is 0.480 e. The van der Waals surface area contributed by atoms with Gasteiger partial charge in [0.25, 0.3) is 0 Å². The highest BCUT2D eigenvalue weighted by molar-refractivity contribution is 6.30. The molecule has 0 aromatic heterocycles. The van der Waals surface area contributed by atoms with Crippen LogP contribution in [0.15, 0.2) is 24.3 Å². The van der Waals surface area contributed by atoms with Crippen molar-refractivity contribution in [3.63, 3.8) is 0 Å². The molecule has 1 unspecified atom stereocenters. The fourth-order valence-electron chi connectivity index (χ4n) is 1.69. The van der Waals surface area contributed by atoms with Gasteiger partial charge in [-0.2, -0.15) is 0 Å². The molecule has 0 heterocycles. The average Bonchev–Trinajstić information content (AvgIpc) is 2.36. The van der Waals surface area contributed by atoms with Gasteiger partial charge in [0, 0.05) is 16.6 Å². The van der Waals surface area contributed by atoms with E-state index in [1.54, 1.807) is 31.2 Å². The van der Waals surface area contributed by atoms with Gasteiger partial charge in [0.15, 0.2) is 0 Å². The van der Waals surface area contributed by atoms with E-state index in [1.807, 2.05) is 0 Å². The molecule has 104 valence electrons. The second-order valence-electron chi connectivity index (χ2n) is 4.27. The van der Waals surface area contributed by atoms with Gasteiger partial charge in [-0.1, -0.05) is 18.5 Å². The number of halogens is 1. The number of carboxylic acid groups (broad SMARTS) is 1. The van der Waals surface area contributed by atoms with Crippen molar-refractivity contribution in [1.29, 1.82) is 0 Å². The summed E-state index contributed by atoms with van der Waals surface area (Å²) in [5.41, 5.74) is 5.94. The maximum atomic E-state index is 12.2. The van der Waals surface area contributed by atoms with Crippen LogP contribution in [0.25, 0.3) is 0 Å². The maximum absolute atomic E-state index is 12.2. The third-order valence-corrected chi connectivity index (χ3v) is 2.97. The van der Waals surface area contributed by atoms with Crippen molar-refractivity contribution in [2.24, 2.45) is 11.7 Å². The van der Waals surface area contributed by atoms with Crippen LogP contribution in [0.2, 0.25) is 5.02 Å². The van der Waals surface area contributed by atoms with E-state index in [4.69, 9.17) is 22.4 Å². The smallest absolute Gasteiger partial charge is 0.323 e.